The van der Waals surface area contributed by atoms with Gasteiger partial charge in [-0.3, -0.25) is 0 Å². The molecule has 1 fully saturated rings. The monoisotopic (exact) mass is 562 g/mol. The molecule has 3 aromatic rings. The number of benzene rings is 3. The minimum atomic E-state index is -2.77. The SMILES string of the molecule is CCCC1CCC(c2ccc(-c3ccc(C(=O)Oc4cc(F)c(C/C=C/C(F)F)c(F)c4)c(F)c3)c(F)c2)OC1. The van der Waals surface area contributed by atoms with E-state index in [9.17, 15) is 26.7 Å². The molecule has 0 aliphatic carbocycles. The van der Waals surface area contributed by atoms with Gasteiger partial charge in [0.2, 0.25) is 0 Å². The first kappa shape index (κ1) is 29.4. The summed E-state index contributed by atoms with van der Waals surface area (Å²) in [6.07, 6.45) is 1.99. The van der Waals surface area contributed by atoms with Crippen molar-refractivity contribution in [3.8, 4) is 16.9 Å². The van der Waals surface area contributed by atoms with Crippen LogP contribution in [0.2, 0.25) is 0 Å². The van der Waals surface area contributed by atoms with E-state index in [1.807, 2.05) is 0 Å². The molecule has 0 amide bonds. The van der Waals surface area contributed by atoms with E-state index in [-0.39, 0.29) is 17.2 Å². The van der Waals surface area contributed by atoms with Crippen LogP contribution in [0.3, 0.4) is 0 Å². The molecule has 3 nitrogen and oxygen atoms in total. The summed E-state index contributed by atoms with van der Waals surface area (Å²) in [5.74, 6) is -5.05. The van der Waals surface area contributed by atoms with Crippen molar-refractivity contribution in [2.75, 3.05) is 6.61 Å². The maximum atomic E-state index is 15.0. The maximum Gasteiger partial charge on any atom is 0.346 e. The third kappa shape index (κ3) is 7.13. The fourth-order valence-electron chi connectivity index (χ4n) is 4.80. The molecule has 212 valence electrons. The van der Waals surface area contributed by atoms with Crippen LogP contribution in [0.1, 0.15) is 60.2 Å². The van der Waals surface area contributed by atoms with E-state index < -0.39 is 59.0 Å². The lowest BCUT2D eigenvalue weighted by Gasteiger charge is -2.29. The molecule has 9 heteroatoms. The van der Waals surface area contributed by atoms with Gasteiger partial charge in [0.15, 0.2) is 0 Å². The van der Waals surface area contributed by atoms with E-state index in [1.54, 1.807) is 6.07 Å². The number of alkyl halides is 2. The van der Waals surface area contributed by atoms with Gasteiger partial charge in [0.1, 0.15) is 29.0 Å². The van der Waals surface area contributed by atoms with Crippen molar-refractivity contribution in [3.63, 3.8) is 0 Å². The highest BCUT2D eigenvalue weighted by Crippen LogP contribution is 2.35. The first-order valence-electron chi connectivity index (χ1n) is 13.0. The quantitative estimate of drug-likeness (QED) is 0.113. The molecule has 0 bridgehead atoms. The molecule has 40 heavy (non-hydrogen) atoms. The number of carbonyl (C=O) groups excluding carboxylic acids is 1. The summed E-state index contributed by atoms with van der Waals surface area (Å²) >= 11 is 0. The van der Waals surface area contributed by atoms with Crippen LogP contribution in [0.15, 0.2) is 60.7 Å². The van der Waals surface area contributed by atoms with Crippen molar-refractivity contribution in [1.29, 1.82) is 0 Å². The van der Waals surface area contributed by atoms with Gasteiger partial charge in [-0.1, -0.05) is 37.6 Å². The summed E-state index contributed by atoms with van der Waals surface area (Å²) < 4.78 is 93.7. The molecular formula is C31H28F6O3. The largest absolute Gasteiger partial charge is 0.423 e. The number of hydrogen-bond acceptors (Lipinski definition) is 3. The molecule has 4 rings (SSSR count). The van der Waals surface area contributed by atoms with Crippen LogP contribution in [0.5, 0.6) is 5.75 Å². The average Bonchev–Trinajstić information content (AvgIpc) is 2.90. The van der Waals surface area contributed by atoms with Gasteiger partial charge in [0, 0.05) is 23.3 Å². The van der Waals surface area contributed by atoms with Crippen molar-refractivity contribution < 1.29 is 40.6 Å². The molecule has 0 spiro atoms. The second-order valence-corrected chi connectivity index (χ2v) is 9.71. The maximum absolute atomic E-state index is 15.0. The highest BCUT2D eigenvalue weighted by molar-refractivity contribution is 5.92. The molecule has 0 radical (unpaired) electrons. The lowest BCUT2D eigenvalue weighted by Crippen LogP contribution is -2.20. The van der Waals surface area contributed by atoms with E-state index in [2.05, 4.69) is 6.92 Å². The van der Waals surface area contributed by atoms with Crippen molar-refractivity contribution >= 4 is 5.97 Å². The fourth-order valence-corrected chi connectivity index (χ4v) is 4.80. The van der Waals surface area contributed by atoms with Crippen LogP contribution in [0, 0.1) is 29.2 Å². The Balaban J connectivity index is 1.45. The number of rotatable bonds is 9. The zero-order chi connectivity index (χ0) is 28.8. The van der Waals surface area contributed by atoms with E-state index >= 15 is 4.39 Å². The minimum absolute atomic E-state index is 0.128. The van der Waals surface area contributed by atoms with Gasteiger partial charge in [0.25, 0.3) is 6.43 Å². The number of carbonyl (C=O) groups is 1. The van der Waals surface area contributed by atoms with E-state index in [1.165, 1.54) is 18.2 Å². The molecular weight excluding hydrogens is 534 g/mol. The van der Waals surface area contributed by atoms with Crippen molar-refractivity contribution in [3.05, 3.63) is 101 Å². The lowest BCUT2D eigenvalue weighted by molar-refractivity contribution is -0.0195. The Labute approximate surface area is 228 Å². The van der Waals surface area contributed by atoms with Crippen LogP contribution in [0.25, 0.3) is 11.1 Å². The molecule has 0 aromatic heterocycles. The smallest absolute Gasteiger partial charge is 0.346 e. The molecule has 1 saturated heterocycles. The van der Waals surface area contributed by atoms with Crippen LogP contribution >= 0.6 is 0 Å². The molecule has 3 aromatic carbocycles. The first-order chi connectivity index (χ1) is 19.2. The van der Waals surface area contributed by atoms with Crippen molar-refractivity contribution in [2.45, 2.75) is 51.6 Å². The first-order valence-corrected chi connectivity index (χ1v) is 13.0. The Morgan fingerprint density at radius 1 is 0.975 bits per heavy atom. The zero-order valence-electron chi connectivity index (χ0n) is 21.7. The molecule has 1 heterocycles. The Kier molecular flexibility index (Phi) is 9.68. The molecule has 1 aliphatic rings. The van der Waals surface area contributed by atoms with Crippen LogP contribution in [-0.4, -0.2) is 19.0 Å². The van der Waals surface area contributed by atoms with E-state index in [0.717, 1.165) is 43.9 Å². The van der Waals surface area contributed by atoms with Gasteiger partial charge in [-0.2, -0.15) is 0 Å². The number of allylic oxidation sites excluding steroid dienone is 2. The van der Waals surface area contributed by atoms with Gasteiger partial charge in [-0.25, -0.2) is 31.1 Å². The Hall–Kier alpha value is -3.59. The third-order valence-corrected chi connectivity index (χ3v) is 6.86. The zero-order valence-corrected chi connectivity index (χ0v) is 21.7. The number of esters is 1. The van der Waals surface area contributed by atoms with E-state index in [4.69, 9.17) is 9.47 Å². The van der Waals surface area contributed by atoms with E-state index in [0.29, 0.717) is 36.3 Å². The van der Waals surface area contributed by atoms with Crippen LogP contribution in [0.4, 0.5) is 26.3 Å². The predicted octanol–water partition coefficient (Wildman–Crippen LogP) is 8.76. The lowest BCUT2D eigenvalue weighted by atomic mass is 9.91. The second-order valence-electron chi connectivity index (χ2n) is 9.71. The fraction of sp³-hybridized carbons (Fsp3) is 0.323. The number of halogens is 6. The molecule has 0 saturated carbocycles. The highest BCUT2D eigenvalue weighted by Gasteiger charge is 2.24. The number of hydrogen-bond donors (Lipinski definition) is 0. The van der Waals surface area contributed by atoms with Gasteiger partial charge in [-0.05, 0) is 67.0 Å². The Bertz CT molecular complexity index is 1360. The summed E-state index contributed by atoms with van der Waals surface area (Å²) in [5.41, 5.74) is -0.00184. The third-order valence-electron chi connectivity index (χ3n) is 6.86. The van der Waals surface area contributed by atoms with Gasteiger partial charge in [0.05, 0.1) is 18.3 Å². The van der Waals surface area contributed by atoms with Crippen molar-refractivity contribution in [2.24, 2.45) is 5.92 Å². The Morgan fingerprint density at radius 3 is 2.33 bits per heavy atom. The summed E-state index contributed by atoms with van der Waals surface area (Å²) in [6, 6.07) is 9.45. The van der Waals surface area contributed by atoms with Gasteiger partial charge in [-0.15, -0.1) is 0 Å². The minimum Gasteiger partial charge on any atom is -0.423 e. The topological polar surface area (TPSA) is 35.5 Å². The van der Waals surface area contributed by atoms with Crippen molar-refractivity contribution in [1.82, 2.24) is 0 Å². The average molecular weight is 563 g/mol. The van der Waals surface area contributed by atoms with Gasteiger partial charge < -0.3 is 9.47 Å². The predicted molar refractivity (Wildman–Crippen MR) is 138 cm³/mol. The summed E-state index contributed by atoms with van der Waals surface area (Å²) in [4.78, 5) is 12.5. The summed E-state index contributed by atoms with van der Waals surface area (Å²) in [6.45, 7) is 2.76. The summed E-state index contributed by atoms with van der Waals surface area (Å²) in [5, 5.41) is 0. The standard InChI is InChI=1S/C31H28F6O3/c1-2-4-18-7-12-29(39-17-18)20-9-10-22(25(32)14-20)19-8-11-24(26(33)13-19)31(38)40-21-15-27(34)23(28(35)16-21)5-3-6-30(36)37/h3,6,8-11,13-16,18,29-30H,2,4-5,7,12,17H2,1H3/b6-3+. The summed E-state index contributed by atoms with van der Waals surface area (Å²) in [7, 11) is 0. The molecule has 1 aliphatic heterocycles. The van der Waals surface area contributed by atoms with Crippen LogP contribution < -0.4 is 4.74 Å². The molecule has 0 N–H and O–H groups in total. The molecule has 2 unspecified atom stereocenters. The highest BCUT2D eigenvalue weighted by atomic mass is 19.3. The normalized spacial score (nSPS) is 17.5. The van der Waals surface area contributed by atoms with Crippen LogP contribution in [-0.2, 0) is 11.2 Å². The van der Waals surface area contributed by atoms with Gasteiger partial charge >= 0.3 is 5.97 Å². The molecule has 2 atom stereocenters. The Morgan fingerprint density at radius 2 is 1.73 bits per heavy atom. The second kappa shape index (κ2) is 13.2. The number of ether oxygens (including phenoxy) is 2.